The van der Waals surface area contributed by atoms with Crippen molar-refractivity contribution >= 4 is 12.4 Å². The molecule has 26 heavy (non-hydrogen) atoms. The molecule has 0 aliphatic carbocycles. The molecule has 0 bridgehead atoms. The number of rotatable bonds is 22. The van der Waals surface area contributed by atoms with Crippen LogP contribution in [0, 0.1) is 0 Å². The molecule has 0 aromatic carbocycles. The minimum atomic E-state index is 0. The van der Waals surface area contributed by atoms with Gasteiger partial charge in [0.1, 0.15) is 0 Å². The molecule has 0 spiro atoms. The number of unbranched alkanes of at least 4 members (excludes halogenated alkanes) is 17. The normalized spacial score (nSPS) is 10.8. The number of hydrogen-bond acceptors (Lipinski definition) is 2. The topological polar surface area (TPSA) is 32.3 Å². The molecule has 0 aromatic heterocycles. The Morgan fingerprint density at radius 2 is 0.769 bits per heavy atom. The average molecular weight is 392 g/mol. The van der Waals surface area contributed by atoms with Gasteiger partial charge in [-0.05, 0) is 32.4 Å². The monoisotopic (exact) mass is 391 g/mol. The fourth-order valence-corrected chi connectivity index (χ4v) is 3.46. The molecular formula is C23H50ClNO. The lowest BCUT2D eigenvalue weighted by molar-refractivity contribution is 0.282. The van der Waals surface area contributed by atoms with Crippen LogP contribution in [0.2, 0.25) is 0 Å². The Labute approximate surface area is 171 Å². The third kappa shape index (κ3) is 26.4. The molecule has 0 atom stereocenters. The summed E-state index contributed by atoms with van der Waals surface area (Å²) < 4.78 is 0. The zero-order valence-electron chi connectivity index (χ0n) is 17.9. The molecule has 0 rings (SSSR count). The Bertz CT molecular complexity index is 204. The lowest BCUT2D eigenvalue weighted by Crippen LogP contribution is -2.16. The summed E-state index contributed by atoms with van der Waals surface area (Å²) in [6, 6.07) is 0. The molecule has 2 N–H and O–H groups in total. The van der Waals surface area contributed by atoms with Crippen molar-refractivity contribution in [1.29, 1.82) is 0 Å². The van der Waals surface area contributed by atoms with E-state index in [0.717, 1.165) is 6.42 Å². The molecule has 0 aromatic rings. The molecule has 0 unspecified atom stereocenters. The first-order valence-corrected chi connectivity index (χ1v) is 11.7. The summed E-state index contributed by atoms with van der Waals surface area (Å²) in [7, 11) is 0. The molecule has 0 radical (unpaired) electrons. The van der Waals surface area contributed by atoms with Crippen LogP contribution in [0.5, 0.6) is 0 Å². The molecule has 0 aliphatic rings. The van der Waals surface area contributed by atoms with Crippen molar-refractivity contribution in [2.75, 3.05) is 19.7 Å². The van der Waals surface area contributed by atoms with E-state index in [-0.39, 0.29) is 12.4 Å². The van der Waals surface area contributed by atoms with Crippen molar-refractivity contribution in [2.24, 2.45) is 0 Å². The van der Waals surface area contributed by atoms with Gasteiger partial charge in [0, 0.05) is 6.61 Å². The molecule has 0 heterocycles. The minimum absolute atomic E-state index is 0. The number of aliphatic hydroxyl groups is 1. The van der Waals surface area contributed by atoms with E-state index >= 15 is 0 Å². The van der Waals surface area contributed by atoms with Gasteiger partial charge < -0.3 is 10.4 Å². The maximum Gasteiger partial charge on any atom is 0.0431 e. The van der Waals surface area contributed by atoms with Crippen molar-refractivity contribution < 1.29 is 5.11 Å². The van der Waals surface area contributed by atoms with Crippen molar-refractivity contribution in [3.63, 3.8) is 0 Å². The van der Waals surface area contributed by atoms with Gasteiger partial charge in [-0.1, -0.05) is 110 Å². The van der Waals surface area contributed by atoms with Crippen LogP contribution in [0.1, 0.15) is 129 Å². The fraction of sp³-hybridized carbons (Fsp3) is 1.00. The van der Waals surface area contributed by atoms with E-state index in [2.05, 4.69) is 12.2 Å². The smallest absolute Gasteiger partial charge is 0.0431 e. The highest BCUT2D eigenvalue weighted by Gasteiger charge is 1.94. The van der Waals surface area contributed by atoms with Crippen LogP contribution in [-0.2, 0) is 0 Å². The Morgan fingerprint density at radius 3 is 1.12 bits per heavy atom. The molecule has 0 saturated heterocycles. The van der Waals surface area contributed by atoms with Gasteiger partial charge in [0.15, 0.2) is 0 Å². The summed E-state index contributed by atoms with van der Waals surface area (Å²) in [5, 5.41) is 12.3. The van der Waals surface area contributed by atoms with Crippen LogP contribution in [-0.4, -0.2) is 24.8 Å². The van der Waals surface area contributed by atoms with Gasteiger partial charge in [0.25, 0.3) is 0 Å². The number of hydrogen-bond donors (Lipinski definition) is 2. The van der Waals surface area contributed by atoms with Gasteiger partial charge >= 0.3 is 0 Å². The fourth-order valence-electron chi connectivity index (χ4n) is 3.46. The molecule has 3 heteroatoms. The van der Waals surface area contributed by atoms with Crippen LogP contribution < -0.4 is 5.32 Å². The van der Waals surface area contributed by atoms with Gasteiger partial charge in [-0.2, -0.15) is 0 Å². The Morgan fingerprint density at radius 1 is 0.462 bits per heavy atom. The second kappa shape index (κ2) is 27.4. The molecule has 0 fully saturated rings. The number of aliphatic hydroxyl groups excluding tert-OH is 1. The van der Waals surface area contributed by atoms with E-state index in [4.69, 9.17) is 5.11 Å². The summed E-state index contributed by atoms with van der Waals surface area (Å²) in [4.78, 5) is 0. The summed E-state index contributed by atoms with van der Waals surface area (Å²) in [5.41, 5.74) is 0. The van der Waals surface area contributed by atoms with Gasteiger partial charge in [-0.3, -0.25) is 0 Å². The van der Waals surface area contributed by atoms with E-state index in [9.17, 15) is 0 Å². The van der Waals surface area contributed by atoms with E-state index in [1.54, 1.807) is 0 Å². The van der Waals surface area contributed by atoms with Crippen LogP contribution >= 0.6 is 12.4 Å². The van der Waals surface area contributed by atoms with E-state index < -0.39 is 0 Å². The SMILES string of the molecule is CCCCCCCCCCCCCNCCCCCCCCCCO.Cl. The van der Waals surface area contributed by atoms with Crippen molar-refractivity contribution in [1.82, 2.24) is 5.32 Å². The Hall–Kier alpha value is 0.210. The molecule has 160 valence electrons. The Kier molecular flexibility index (Phi) is 30.0. The van der Waals surface area contributed by atoms with Gasteiger partial charge in [0.05, 0.1) is 0 Å². The third-order valence-electron chi connectivity index (χ3n) is 5.22. The highest BCUT2D eigenvalue weighted by molar-refractivity contribution is 5.85. The van der Waals surface area contributed by atoms with Crippen molar-refractivity contribution in [3.8, 4) is 0 Å². The zero-order chi connectivity index (χ0) is 18.3. The first-order chi connectivity index (χ1) is 12.4. The maximum atomic E-state index is 8.72. The largest absolute Gasteiger partial charge is 0.396 e. The van der Waals surface area contributed by atoms with Crippen LogP contribution in [0.3, 0.4) is 0 Å². The second-order valence-corrected chi connectivity index (χ2v) is 7.84. The van der Waals surface area contributed by atoms with Crippen LogP contribution in [0.25, 0.3) is 0 Å². The van der Waals surface area contributed by atoms with E-state index in [1.807, 2.05) is 0 Å². The molecule has 2 nitrogen and oxygen atoms in total. The Balaban J connectivity index is 0. The number of nitrogens with one attached hydrogen (secondary N) is 1. The predicted molar refractivity (Wildman–Crippen MR) is 121 cm³/mol. The summed E-state index contributed by atoms with van der Waals surface area (Å²) in [5.74, 6) is 0. The third-order valence-corrected chi connectivity index (χ3v) is 5.22. The van der Waals surface area contributed by atoms with Crippen molar-refractivity contribution in [3.05, 3.63) is 0 Å². The molecule has 0 aliphatic heterocycles. The minimum Gasteiger partial charge on any atom is -0.396 e. The predicted octanol–water partition coefficient (Wildman–Crippen LogP) is 7.42. The summed E-state index contributed by atoms with van der Waals surface area (Å²) in [6.45, 7) is 5.09. The van der Waals surface area contributed by atoms with Gasteiger partial charge in [-0.15, -0.1) is 12.4 Å². The van der Waals surface area contributed by atoms with Gasteiger partial charge in [0.2, 0.25) is 0 Å². The highest BCUT2D eigenvalue weighted by atomic mass is 35.5. The standard InChI is InChI=1S/C23H49NO.ClH/c1-2-3-4-5-6-7-8-9-12-15-18-21-24-22-19-16-13-10-11-14-17-20-23-25;/h24-25H,2-23H2,1H3;1H. The maximum absolute atomic E-state index is 8.72. The van der Waals surface area contributed by atoms with Gasteiger partial charge in [-0.25, -0.2) is 0 Å². The lowest BCUT2D eigenvalue weighted by atomic mass is 10.1. The molecule has 0 amide bonds. The van der Waals surface area contributed by atoms with Crippen LogP contribution in [0.4, 0.5) is 0 Å². The molecule has 0 saturated carbocycles. The second-order valence-electron chi connectivity index (χ2n) is 7.84. The summed E-state index contributed by atoms with van der Waals surface area (Å²) in [6.07, 6.45) is 26.1. The van der Waals surface area contributed by atoms with E-state index in [0.29, 0.717) is 6.61 Å². The average Bonchev–Trinajstić information content (AvgIpc) is 2.63. The lowest BCUT2D eigenvalue weighted by Gasteiger charge is -2.05. The first kappa shape index (κ1) is 28.4. The highest BCUT2D eigenvalue weighted by Crippen LogP contribution is 2.11. The van der Waals surface area contributed by atoms with E-state index in [1.165, 1.54) is 129 Å². The van der Waals surface area contributed by atoms with Crippen LogP contribution in [0.15, 0.2) is 0 Å². The molecular weight excluding hydrogens is 342 g/mol. The summed E-state index contributed by atoms with van der Waals surface area (Å²) >= 11 is 0. The number of halogens is 1. The first-order valence-electron chi connectivity index (χ1n) is 11.7. The zero-order valence-corrected chi connectivity index (χ0v) is 18.7. The quantitative estimate of drug-likeness (QED) is 0.188. The van der Waals surface area contributed by atoms with Crippen molar-refractivity contribution in [2.45, 2.75) is 129 Å².